The monoisotopic (exact) mass is 513 g/mol. The molecule has 17 heteroatoms. The van der Waals surface area contributed by atoms with E-state index in [1.807, 2.05) is 0 Å². The molecule has 0 fully saturated rings. The van der Waals surface area contributed by atoms with Crippen molar-refractivity contribution in [3.05, 3.63) is 52.1 Å². The number of aromatic nitrogens is 4. The molecule has 0 radical (unpaired) electrons. The quantitative estimate of drug-likeness (QED) is 0.164. The third kappa shape index (κ3) is 8.57. The van der Waals surface area contributed by atoms with E-state index >= 15 is 0 Å². The molecule has 0 saturated carbocycles. The molecule has 2 aromatic heterocycles. The first-order valence-electron chi connectivity index (χ1n) is 9.33. The van der Waals surface area contributed by atoms with Crippen molar-refractivity contribution in [3.63, 3.8) is 0 Å². The molecule has 1 aromatic carbocycles. The number of nitrogens with zero attached hydrogens (tertiary/aromatic N) is 3. The van der Waals surface area contributed by atoms with Crippen LogP contribution < -0.4 is 21.9 Å². The highest BCUT2D eigenvalue weighted by molar-refractivity contribution is 5.96. The van der Waals surface area contributed by atoms with Crippen molar-refractivity contribution in [3.8, 4) is 0 Å². The summed E-state index contributed by atoms with van der Waals surface area (Å²) in [5, 5.41) is 23.2. The number of hydrogen-bond acceptors (Lipinski definition) is 9. The Morgan fingerprint density at radius 3 is 2.25 bits per heavy atom. The lowest BCUT2D eigenvalue weighted by Crippen LogP contribution is -2.41. The van der Waals surface area contributed by atoms with Crippen LogP contribution in [0.5, 0.6) is 0 Å². The van der Waals surface area contributed by atoms with Crippen LogP contribution >= 0.6 is 0 Å². The standard InChI is InChI=1S/C19H19N7O6.4H2O/c20-19-25-15-14(17(30)26-19)23-11(8-22-15)7-21-10-3-1-9(2-4-10)16(29)24-12(18(31)32)5-6-13(27)28;;;;/h1-4,8,12,21H,5-7H2,(H,24,29)(H,27,28)(H,31,32)(H3,20,22,25,26,30);4*1H2/t12-;;;;/m0..../s1. The third-order valence-corrected chi connectivity index (χ3v) is 4.36. The van der Waals surface area contributed by atoms with Crippen LogP contribution in [0.3, 0.4) is 0 Å². The first-order valence-corrected chi connectivity index (χ1v) is 9.33. The lowest BCUT2D eigenvalue weighted by atomic mass is 10.1. The Labute approximate surface area is 201 Å². The number of amides is 1. The van der Waals surface area contributed by atoms with E-state index in [4.69, 9.17) is 15.9 Å². The fraction of sp³-hybridized carbons (Fsp3) is 0.211. The van der Waals surface area contributed by atoms with Crippen molar-refractivity contribution in [2.75, 3.05) is 11.1 Å². The maximum Gasteiger partial charge on any atom is 0.326 e. The fourth-order valence-corrected chi connectivity index (χ4v) is 2.75. The topological polar surface area (TPSA) is 339 Å². The molecule has 0 spiro atoms. The van der Waals surface area contributed by atoms with Crippen LogP contribution in [0, 0.1) is 0 Å². The number of rotatable bonds is 9. The number of carboxylic acids is 2. The molecule has 2 heterocycles. The van der Waals surface area contributed by atoms with Gasteiger partial charge in [0.25, 0.3) is 11.5 Å². The Bertz CT molecular complexity index is 1230. The number of nitrogens with one attached hydrogen (secondary N) is 3. The summed E-state index contributed by atoms with van der Waals surface area (Å²) in [6.45, 7) is 0.231. The molecular weight excluding hydrogens is 486 g/mol. The number of nitrogen functional groups attached to an aromatic ring is 1. The number of aliphatic carboxylic acids is 2. The summed E-state index contributed by atoms with van der Waals surface area (Å²) in [6, 6.07) is 4.86. The lowest BCUT2D eigenvalue weighted by Gasteiger charge is -2.14. The summed E-state index contributed by atoms with van der Waals surface area (Å²) in [6.07, 6.45) is 0.840. The van der Waals surface area contributed by atoms with E-state index in [-0.39, 0.29) is 64.0 Å². The van der Waals surface area contributed by atoms with Gasteiger partial charge < -0.3 is 48.5 Å². The Kier molecular flexibility index (Phi) is 13.5. The normalized spacial score (nSPS) is 10.3. The molecule has 1 amide bonds. The van der Waals surface area contributed by atoms with Crippen LogP contribution in [-0.2, 0) is 16.1 Å². The third-order valence-electron chi connectivity index (χ3n) is 4.36. The molecule has 3 aromatic rings. The number of hydrogen-bond donors (Lipinski definition) is 6. The molecular formula is C19H27N7O10. The van der Waals surface area contributed by atoms with Gasteiger partial charge in [0.1, 0.15) is 6.04 Å². The lowest BCUT2D eigenvalue weighted by molar-refractivity contribution is -0.140. The average molecular weight is 513 g/mol. The van der Waals surface area contributed by atoms with Crippen molar-refractivity contribution in [1.82, 2.24) is 25.3 Å². The molecule has 198 valence electrons. The summed E-state index contributed by atoms with van der Waals surface area (Å²) >= 11 is 0. The van der Waals surface area contributed by atoms with Crippen LogP contribution in [0.25, 0.3) is 11.2 Å². The van der Waals surface area contributed by atoms with Gasteiger partial charge in [0.2, 0.25) is 5.95 Å². The maximum atomic E-state index is 12.3. The molecule has 17 nitrogen and oxygen atoms in total. The summed E-state index contributed by atoms with van der Waals surface area (Å²) in [7, 11) is 0. The average Bonchev–Trinajstić information content (AvgIpc) is 2.75. The van der Waals surface area contributed by atoms with E-state index in [0.29, 0.717) is 11.4 Å². The van der Waals surface area contributed by atoms with Gasteiger partial charge in [-0.05, 0) is 30.7 Å². The van der Waals surface area contributed by atoms with Gasteiger partial charge in [-0.2, -0.15) is 4.98 Å². The molecule has 36 heavy (non-hydrogen) atoms. The number of carbonyl (C=O) groups excluding carboxylic acids is 1. The fourth-order valence-electron chi connectivity index (χ4n) is 2.75. The second-order valence-corrected chi connectivity index (χ2v) is 6.71. The highest BCUT2D eigenvalue weighted by atomic mass is 16.4. The predicted molar refractivity (Wildman–Crippen MR) is 126 cm³/mol. The Morgan fingerprint density at radius 1 is 1.03 bits per heavy atom. The van der Waals surface area contributed by atoms with Gasteiger partial charge in [-0.3, -0.25) is 19.4 Å². The van der Waals surface area contributed by atoms with Crippen LogP contribution in [0.1, 0.15) is 28.9 Å². The Hall–Kier alpha value is -4.71. The van der Waals surface area contributed by atoms with Gasteiger partial charge in [0.05, 0.1) is 18.4 Å². The largest absolute Gasteiger partial charge is 0.481 e. The van der Waals surface area contributed by atoms with E-state index in [2.05, 4.69) is 30.6 Å². The van der Waals surface area contributed by atoms with Crippen LogP contribution in [-0.4, -0.2) is 75.9 Å². The van der Waals surface area contributed by atoms with Crippen molar-refractivity contribution >= 4 is 40.6 Å². The van der Waals surface area contributed by atoms with Gasteiger partial charge in [0.15, 0.2) is 11.2 Å². The molecule has 0 bridgehead atoms. The molecule has 0 aliphatic rings. The van der Waals surface area contributed by atoms with Crippen molar-refractivity contribution in [1.29, 1.82) is 0 Å². The number of H-pyrrole nitrogens is 1. The van der Waals surface area contributed by atoms with E-state index in [0.717, 1.165) is 0 Å². The summed E-state index contributed by atoms with van der Waals surface area (Å²) < 4.78 is 0. The van der Waals surface area contributed by atoms with E-state index in [1.54, 1.807) is 12.1 Å². The number of carbonyl (C=O) groups is 3. The summed E-state index contributed by atoms with van der Waals surface area (Å²) in [4.78, 5) is 60.6. The van der Waals surface area contributed by atoms with Gasteiger partial charge in [-0.1, -0.05) is 0 Å². The first-order chi connectivity index (χ1) is 15.2. The number of aromatic amines is 1. The van der Waals surface area contributed by atoms with Gasteiger partial charge in [-0.15, -0.1) is 0 Å². The molecule has 0 aliphatic heterocycles. The van der Waals surface area contributed by atoms with Gasteiger partial charge >= 0.3 is 11.9 Å². The van der Waals surface area contributed by atoms with Crippen molar-refractivity contribution < 1.29 is 46.5 Å². The highest BCUT2D eigenvalue weighted by Crippen LogP contribution is 2.12. The number of anilines is 2. The first kappa shape index (κ1) is 33.5. The second-order valence-electron chi connectivity index (χ2n) is 6.71. The van der Waals surface area contributed by atoms with Gasteiger partial charge in [0, 0.05) is 17.7 Å². The van der Waals surface area contributed by atoms with Crippen molar-refractivity contribution in [2.24, 2.45) is 0 Å². The zero-order valence-electron chi connectivity index (χ0n) is 18.5. The SMILES string of the molecule is Nc1nc2ncc(CNc3ccc(C(=O)N[C@@H](CCC(=O)O)C(=O)O)cc3)nc2c(=O)[nH]1.O.O.O.O. The van der Waals surface area contributed by atoms with Gasteiger partial charge in [-0.25, -0.2) is 14.8 Å². The molecule has 1 atom stereocenters. The summed E-state index contributed by atoms with van der Waals surface area (Å²) in [5.74, 6) is -3.16. The molecule has 0 aliphatic carbocycles. The van der Waals surface area contributed by atoms with E-state index < -0.39 is 29.4 Å². The minimum Gasteiger partial charge on any atom is -0.481 e. The van der Waals surface area contributed by atoms with Crippen LogP contribution in [0.15, 0.2) is 35.3 Å². The second kappa shape index (κ2) is 14.5. The zero-order chi connectivity index (χ0) is 23.3. The number of nitrogens with two attached hydrogens (primary N) is 1. The molecule has 0 saturated heterocycles. The highest BCUT2D eigenvalue weighted by Gasteiger charge is 2.21. The molecule has 15 N–H and O–H groups in total. The van der Waals surface area contributed by atoms with Crippen LogP contribution in [0.4, 0.5) is 11.6 Å². The van der Waals surface area contributed by atoms with Crippen LogP contribution in [0.2, 0.25) is 0 Å². The Balaban J connectivity index is 0. The smallest absolute Gasteiger partial charge is 0.326 e. The minimum atomic E-state index is -1.31. The number of benzene rings is 1. The minimum absolute atomic E-state index is 0. The predicted octanol–water partition coefficient (Wildman–Crippen LogP) is -3.34. The molecule has 3 rings (SSSR count). The Morgan fingerprint density at radius 2 is 1.67 bits per heavy atom. The summed E-state index contributed by atoms with van der Waals surface area (Å²) in [5.41, 5.74) is 6.47. The van der Waals surface area contributed by atoms with E-state index in [1.165, 1.54) is 18.3 Å². The number of carboxylic acid groups (broad SMARTS) is 2. The van der Waals surface area contributed by atoms with Crippen molar-refractivity contribution in [2.45, 2.75) is 25.4 Å². The number of fused-ring (bicyclic) bond motifs is 1. The maximum absolute atomic E-state index is 12.3. The zero-order valence-corrected chi connectivity index (χ0v) is 18.5. The molecule has 0 unspecified atom stereocenters. The van der Waals surface area contributed by atoms with E-state index in [9.17, 15) is 19.2 Å².